The zero-order chi connectivity index (χ0) is 13.5. The molecule has 1 N–H and O–H groups in total. The van der Waals surface area contributed by atoms with Gasteiger partial charge in [0.25, 0.3) is 0 Å². The number of rotatable bonds is 2. The predicted octanol–water partition coefficient (Wildman–Crippen LogP) is 4.00. The molecule has 17 heavy (non-hydrogen) atoms. The molecule has 1 rings (SSSR count). The van der Waals surface area contributed by atoms with Crippen molar-refractivity contribution in [3.05, 3.63) is 23.4 Å². The van der Waals surface area contributed by atoms with E-state index in [1.807, 2.05) is 26.8 Å². The fourth-order valence-electron chi connectivity index (χ4n) is 1.31. The normalized spacial score (nSPS) is 13.9. The first-order chi connectivity index (χ1) is 7.81. The molecule has 0 spiro atoms. The molecule has 0 aromatic heterocycles. The van der Waals surface area contributed by atoms with Crippen LogP contribution in [0.4, 0.5) is 4.79 Å². The van der Waals surface area contributed by atoms with Gasteiger partial charge in [0.2, 0.25) is 0 Å². The van der Waals surface area contributed by atoms with Gasteiger partial charge in [-0.3, -0.25) is 4.79 Å². The molecule has 0 fully saturated rings. The van der Waals surface area contributed by atoms with E-state index in [4.69, 9.17) is 18.6 Å². The van der Waals surface area contributed by atoms with E-state index >= 15 is 0 Å². The van der Waals surface area contributed by atoms with E-state index in [-0.39, 0.29) is 11.1 Å². The molecule has 2 nitrogen and oxygen atoms in total. The molecule has 1 aliphatic rings. The van der Waals surface area contributed by atoms with Crippen molar-refractivity contribution < 1.29 is 21.8 Å². The second-order valence-electron chi connectivity index (χ2n) is 4.72. The van der Waals surface area contributed by atoms with Gasteiger partial charge in [0.15, 0.2) is 14.3 Å². The van der Waals surface area contributed by atoms with Crippen LogP contribution in [0.2, 0.25) is 6.55 Å². The number of carbonyl (C=O) groups is 1. The fraction of sp³-hybridized carbons (Fsp3) is 0.545. The monoisotopic (exact) mass is 326 g/mol. The van der Waals surface area contributed by atoms with Gasteiger partial charge in [-0.2, -0.15) is 0 Å². The van der Waals surface area contributed by atoms with Crippen molar-refractivity contribution in [1.82, 2.24) is 5.32 Å². The zero-order valence-electron chi connectivity index (χ0n) is 10.6. The van der Waals surface area contributed by atoms with Crippen molar-refractivity contribution in [1.29, 1.82) is 0 Å². The van der Waals surface area contributed by atoms with Crippen LogP contribution in [-0.4, -0.2) is 19.9 Å². The third kappa shape index (κ3) is 8.22. The van der Waals surface area contributed by atoms with E-state index in [1.165, 1.54) is 5.20 Å². The van der Waals surface area contributed by atoms with Crippen molar-refractivity contribution in [2.24, 2.45) is 0 Å². The van der Waals surface area contributed by atoms with Crippen molar-refractivity contribution in [3.63, 3.8) is 0 Å². The molecule has 0 aliphatic heterocycles. The maximum atomic E-state index is 11.8. The van der Waals surface area contributed by atoms with Crippen molar-refractivity contribution in [2.45, 2.75) is 39.3 Å². The summed E-state index contributed by atoms with van der Waals surface area (Å²) in [7, 11) is 8.75. The van der Waals surface area contributed by atoms with E-state index < -0.39 is 25.8 Å². The van der Waals surface area contributed by atoms with Gasteiger partial charge in [-0.15, -0.1) is 0 Å². The average molecular weight is 327 g/mol. The van der Waals surface area contributed by atoms with Crippen LogP contribution >= 0.6 is 18.6 Å². The van der Waals surface area contributed by atoms with Crippen molar-refractivity contribution >= 4 is 32.9 Å². The first-order valence-corrected chi connectivity index (χ1v) is 11.6. The molecule has 0 unspecified atom stereocenters. The van der Waals surface area contributed by atoms with Gasteiger partial charge in [0.1, 0.15) is 0 Å². The van der Waals surface area contributed by atoms with E-state index in [0.717, 1.165) is 6.42 Å². The van der Waals surface area contributed by atoms with Crippen LogP contribution in [0.5, 0.6) is 0 Å². The van der Waals surface area contributed by atoms with Gasteiger partial charge in [-0.25, -0.2) is 0 Å². The van der Waals surface area contributed by atoms with Gasteiger partial charge in [-0.05, 0) is 27.2 Å². The Labute approximate surface area is 122 Å². The van der Waals surface area contributed by atoms with Crippen LogP contribution in [0.15, 0.2) is 23.4 Å². The van der Waals surface area contributed by atoms with E-state index in [9.17, 15) is 4.79 Å². The summed E-state index contributed by atoms with van der Waals surface area (Å²) in [6, 6.07) is 0. The summed E-state index contributed by atoms with van der Waals surface area (Å²) >= 11 is -0.556. The molecule has 0 atom stereocenters. The number of hydrogen-bond donors (Lipinski definition) is 1. The average Bonchev–Trinajstić information content (AvgIpc) is 2.67. The molecule has 95 valence electrons. The Kier molecular flexibility index (Phi) is 8.78. The summed E-state index contributed by atoms with van der Waals surface area (Å²) in [6.45, 7) is 8.11. The third-order valence-electron chi connectivity index (χ3n) is 2.08. The minimum atomic E-state index is -1.03. The second-order valence-corrected chi connectivity index (χ2v) is 9.65. The number of amides is 1. The molecule has 6 heteroatoms. The van der Waals surface area contributed by atoms with E-state index in [2.05, 4.69) is 24.0 Å². The number of carbonyl (C=O) groups excluding carboxylic acids is 1. The molecule has 0 aromatic rings. The Morgan fingerprint density at radius 1 is 1.47 bits per heavy atom. The quantitative estimate of drug-likeness (QED) is 0.763. The molecule has 0 saturated heterocycles. The third-order valence-corrected chi connectivity index (χ3v) is 4.22. The van der Waals surface area contributed by atoms with Gasteiger partial charge < -0.3 is 5.32 Å². The van der Waals surface area contributed by atoms with Gasteiger partial charge >= 0.3 is 35.6 Å². The summed E-state index contributed by atoms with van der Waals surface area (Å²) in [6.07, 6.45) is 7.18. The summed E-state index contributed by atoms with van der Waals surface area (Å²) in [4.78, 5) is 11.8. The molecule has 0 aromatic carbocycles. The summed E-state index contributed by atoms with van der Waals surface area (Å²) in [5, 5.41) is 4.34. The molecular weight excluding hydrogens is 309 g/mol. The van der Waals surface area contributed by atoms with Crippen LogP contribution in [0.3, 0.4) is 0 Å². The fourth-order valence-corrected chi connectivity index (χ4v) is 2.93. The molecule has 1 radical (unpaired) electrons. The van der Waals surface area contributed by atoms with Crippen LogP contribution < -0.4 is 5.32 Å². The first kappa shape index (κ1) is 17.5. The van der Waals surface area contributed by atoms with Crippen molar-refractivity contribution in [2.75, 3.05) is 0 Å². The van der Waals surface area contributed by atoms with Crippen LogP contribution in [0, 0.1) is 0 Å². The van der Waals surface area contributed by atoms with Crippen LogP contribution in [-0.2, 0) is 17.0 Å². The van der Waals surface area contributed by atoms with E-state index in [0.29, 0.717) is 0 Å². The zero-order valence-corrected chi connectivity index (χ0v) is 14.7. The molecule has 0 bridgehead atoms. The maximum absolute atomic E-state index is 11.8. The summed E-state index contributed by atoms with van der Waals surface area (Å²) in [5.74, 6) is 0. The first-order valence-electron chi connectivity index (χ1n) is 5.30. The molecular formula is C11H18Cl2NOSiTi. The Morgan fingerprint density at radius 3 is 2.35 bits per heavy atom. The number of allylic oxidation sites excluding steroid dienone is 4. The number of halogens is 2. The summed E-state index contributed by atoms with van der Waals surface area (Å²) < 4.78 is 0. The van der Waals surface area contributed by atoms with Gasteiger partial charge in [0, 0.05) is 5.54 Å². The number of hydrogen-bond acceptors (Lipinski definition) is 1. The predicted molar refractivity (Wildman–Crippen MR) is 73.4 cm³/mol. The Morgan fingerprint density at radius 2 is 2.00 bits per heavy atom. The van der Waals surface area contributed by atoms with Crippen LogP contribution in [0.25, 0.3) is 0 Å². The number of nitrogens with one attached hydrogen (secondary N) is 1. The Balaban J connectivity index is 0.000000770. The SMILES string of the molecule is C[Si](C(=O)NC(C)(C)C)C1=CC=CC1.[Cl][Ti][Cl]. The Bertz CT molecular complexity index is 313. The Hall–Kier alpha value is 0.461. The second kappa shape index (κ2) is 8.54. The summed E-state index contributed by atoms with van der Waals surface area (Å²) in [5.41, 5.74) is 0.104. The molecule has 0 heterocycles. The van der Waals surface area contributed by atoms with Crippen LogP contribution in [0.1, 0.15) is 27.2 Å². The standard InChI is InChI=1S/C11H18NOSi.2ClH.Ti/c1-11(2,3)12-10(13)14(4)9-7-5-6-8-9;;;/h5-7H,8H2,1-4H3,(H,12,13);2*1H;/q;;;+2/p-2. The van der Waals surface area contributed by atoms with Gasteiger partial charge in [0.05, 0.1) is 0 Å². The topological polar surface area (TPSA) is 29.1 Å². The minimum absolute atomic E-state index is 0.115. The van der Waals surface area contributed by atoms with E-state index in [1.54, 1.807) is 0 Å². The molecule has 1 amide bonds. The van der Waals surface area contributed by atoms with Crippen molar-refractivity contribution in [3.8, 4) is 0 Å². The molecule has 0 saturated carbocycles. The van der Waals surface area contributed by atoms with Gasteiger partial charge in [-0.1, -0.05) is 30.0 Å². The molecule has 1 aliphatic carbocycles.